The first-order chi connectivity index (χ1) is 16.9. The molecule has 35 heavy (non-hydrogen) atoms. The highest BCUT2D eigenvalue weighted by atomic mass is 32.2. The first-order valence-corrected chi connectivity index (χ1v) is 13.1. The van der Waals surface area contributed by atoms with Crippen LogP contribution >= 0.6 is 0 Å². The van der Waals surface area contributed by atoms with Gasteiger partial charge in [-0.2, -0.15) is 5.10 Å². The maximum absolute atomic E-state index is 13.4. The van der Waals surface area contributed by atoms with Crippen molar-refractivity contribution in [2.24, 2.45) is 0 Å². The third-order valence-electron chi connectivity index (χ3n) is 5.52. The predicted octanol–water partition coefficient (Wildman–Crippen LogP) is 4.34. The number of nitrogens with one attached hydrogen (secondary N) is 1. The lowest BCUT2D eigenvalue weighted by atomic mass is 10.1. The highest BCUT2D eigenvalue weighted by molar-refractivity contribution is 7.92. The Labute approximate surface area is 204 Å². The molecule has 0 atom stereocenters. The summed E-state index contributed by atoms with van der Waals surface area (Å²) in [4.78, 5) is 12.5. The highest BCUT2D eigenvalue weighted by Crippen LogP contribution is 2.24. The van der Waals surface area contributed by atoms with Gasteiger partial charge in [0.15, 0.2) is 9.84 Å². The van der Waals surface area contributed by atoms with E-state index in [-0.39, 0.29) is 18.1 Å². The number of aromatic nitrogens is 2. The zero-order chi connectivity index (χ0) is 24.7. The number of rotatable bonds is 10. The number of aryl methyl sites for hydroxylation is 1. The molecule has 0 spiro atoms. The van der Waals surface area contributed by atoms with Gasteiger partial charge in [-0.05, 0) is 54.8 Å². The number of carbonyl (C=O) groups excluding carboxylic acids is 1. The molecular weight excluding hydrogens is 465 g/mol. The van der Waals surface area contributed by atoms with Gasteiger partial charge in [0.05, 0.1) is 17.1 Å². The van der Waals surface area contributed by atoms with Crippen LogP contribution in [0.25, 0.3) is 16.9 Å². The SMILES string of the molecule is O=C(CS(=O)(=O)CCCc1ccccc1)NCc1cn(-c2ccccc2)nc1-c1ccc(F)cc1. The number of benzene rings is 3. The summed E-state index contributed by atoms with van der Waals surface area (Å²) < 4.78 is 40.0. The van der Waals surface area contributed by atoms with Crippen LogP contribution < -0.4 is 5.32 Å². The van der Waals surface area contributed by atoms with Gasteiger partial charge in [0.25, 0.3) is 0 Å². The molecule has 1 amide bonds. The second-order valence-corrected chi connectivity index (χ2v) is 10.4. The molecule has 0 bridgehead atoms. The van der Waals surface area contributed by atoms with E-state index in [0.29, 0.717) is 29.7 Å². The van der Waals surface area contributed by atoms with Crippen LogP contribution in [0.15, 0.2) is 91.1 Å². The van der Waals surface area contributed by atoms with Gasteiger partial charge in [-0.1, -0.05) is 48.5 Å². The minimum absolute atomic E-state index is 0.0535. The standard InChI is InChI=1S/C27H26FN3O3S/c28-24-15-13-22(14-16-24)27-23(19-31(30-27)25-11-5-2-6-12-25)18-29-26(32)20-35(33,34)17-7-10-21-8-3-1-4-9-21/h1-6,8-9,11-16,19H,7,10,17-18,20H2,(H,29,32). The average Bonchev–Trinajstić information content (AvgIpc) is 3.28. The van der Waals surface area contributed by atoms with Gasteiger partial charge >= 0.3 is 0 Å². The summed E-state index contributed by atoms with van der Waals surface area (Å²) in [5, 5.41) is 7.33. The molecule has 0 fully saturated rings. The Hall–Kier alpha value is -3.78. The predicted molar refractivity (Wildman–Crippen MR) is 134 cm³/mol. The summed E-state index contributed by atoms with van der Waals surface area (Å²) in [6.07, 6.45) is 2.88. The van der Waals surface area contributed by atoms with Gasteiger partial charge in [-0.15, -0.1) is 0 Å². The summed E-state index contributed by atoms with van der Waals surface area (Å²) in [6.45, 7) is 0.0952. The Morgan fingerprint density at radius 2 is 1.57 bits per heavy atom. The highest BCUT2D eigenvalue weighted by Gasteiger charge is 2.18. The van der Waals surface area contributed by atoms with E-state index in [1.165, 1.54) is 12.1 Å². The molecule has 0 unspecified atom stereocenters. The van der Waals surface area contributed by atoms with E-state index in [1.54, 1.807) is 23.0 Å². The Morgan fingerprint density at radius 3 is 2.26 bits per heavy atom. The average molecular weight is 492 g/mol. The zero-order valence-corrected chi connectivity index (χ0v) is 19.9. The van der Waals surface area contributed by atoms with E-state index < -0.39 is 21.5 Å². The zero-order valence-electron chi connectivity index (χ0n) is 19.1. The molecule has 1 N–H and O–H groups in total. The van der Waals surface area contributed by atoms with Gasteiger partial charge in [0.2, 0.25) is 5.91 Å². The van der Waals surface area contributed by atoms with Crippen molar-refractivity contribution in [2.75, 3.05) is 11.5 Å². The van der Waals surface area contributed by atoms with Crippen molar-refractivity contribution in [3.05, 3.63) is 108 Å². The first kappa shape index (κ1) is 24.3. The minimum Gasteiger partial charge on any atom is -0.351 e. The lowest BCUT2D eigenvalue weighted by Gasteiger charge is -2.07. The Bertz CT molecular complexity index is 1370. The molecule has 1 heterocycles. The van der Waals surface area contributed by atoms with E-state index in [1.807, 2.05) is 60.7 Å². The number of nitrogens with zero attached hydrogens (tertiary/aromatic N) is 2. The summed E-state index contributed by atoms with van der Waals surface area (Å²) in [7, 11) is -3.53. The van der Waals surface area contributed by atoms with Gasteiger partial charge in [0, 0.05) is 23.9 Å². The molecule has 0 radical (unpaired) electrons. The number of sulfone groups is 1. The lowest BCUT2D eigenvalue weighted by Crippen LogP contribution is -2.31. The number of hydrogen-bond acceptors (Lipinski definition) is 4. The number of carbonyl (C=O) groups is 1. The van der Waals surface area contributed by atoms with Gasteiger partial charge < -0.3 is 5.32 Å². The van der Waals surface area contributed by atoms with E-state index in [4.69, 9.17) is 0 Å². The van der Waals surface area contributed by atoms with E-state index in [9.17, 15) is 17.6 Å². The summed E-state index contributed by atoms with van der Waals surface area (Å²) in [5.74, 6) is -1.55. The third-order valence-corrected chi connectivity index (χ3v) is 7.13. The molecule has 0 aliphatic rings. The number of para-hydroxylation sites is 1. The Balaban J connectivity index is 1.41. The molecule has 6 nitrogen and oxygen atoms in total. The minimum atomic E-state index is -3.53. The normalized spacial score (nSPS) is 11.3. The van der Waals surface area contributed by atoms with Gasteiger partial charge in [-0.25, -0.2) is 17.5 Å². The van der Waals surface area contributed by atoms with E-state index in [2.05, 4.69) is 10.4 Å². The Kier molecular flexibility index (Phi) is 7.72. The third kappa shape index (κ3) is 6.86. The molecule has 4 rings (SSSR count). The molecular formula is C27H26FN3O3S. The molecule has 3 aromatic carbocycles. The second kappa shape index (κ2) is 11.1. The summed E-state index contributed by atoms with van der Waals surface area (Å²) >= 11 is 0. The fourth-order valence-electron chi connectivity index (χ4n) is 3.76. The second-order valence-electron chi connectivity index (χ2n) is 8.25. The van der Waals surface area contributed by atoms with Crippen molar-refractivity contribution in [2.45, 2.75) is 19.4 Å². The van der Waals surface area contributed by atoms with Crippen molar-refractivity contribution in [3.8, 4) is 16.9 Å². The fourth-order valence-corrected chi connectivity index (χ4v) is 4.99. The smallest absolute Gasteiger partial charge is 0.235 e. The molecule has 0 saturated carbocycles. The van der Waals surface area contributed by atoms with Crippen molar-refractivity contribution >= 4 is 15.7 Å². The van der Waals surface area contributed by atoms with Crippen molar-refractivity contribution in [1.29, 1.82) is 0 Å². The van der Waals surface area contributed by atoms with Crippen LogP contribution in [0, 0.1) is 5.82 Å². The monoisotopic (exact) mass is 491 g/mol. The molecule has 0 aliphatic carbocycles. The maximum atomic E-state index is 13.4. The van der Waals surface area contributed by atoms with Crippen LogP contribution in [0.2, 0.25) is 0 Å². The van der Waals surface area contributed by atoms with Crippen LogP contribution in [0.4, 0.5) is 4.39 Å². The topological polar surface area (TPSA) is 81.1 Å². The molecule has 4 aromatic rings. The summed E-state index contributed by atoms with van der Waals surface area (Å²) in [6, 6.07) is 25.0. The van der Waals surface area contributed by atoms with Crippen molar-refractivity contribution in [3.63, 3.8) is 0 Å². The maximum Gasteiger partial charge on any atom is 0.235 e. The quantitative estimate of drug-likeness (QED) is 0.358. The van der Waals surface area contributed by atoms with E-state index >= 15 is 0 Å². The largest absolute Gasteiger partial charge is 0.351 e. The lowest BCUT2D eigenvalue weighted by molar-refractivity contribution is -0.118. The fraction of sp³-hybridized carbons (Fsp3) is 0.185. The van der Waals surface area contributed by atoms with Gasteiger partial charge in [-0.3, -0.25) is 4.79 Å². The molecule has 8 heteroatoms. The van der Waals surface area contributed by atoms with Gasteiger partial charge in [0.1, 0.15) is 11.6 Å². The number of halogens is 1. The van der Waals surface area contributed by atoms with Crippen LogP contribution in [0.1, 0.15) is 17.5 Å². The van der Waals surface area contributed by atoms with Crippen LogP contribution in [-0.2, 0) is 27.6 Å². The van der Waals surface area contributed by atoms with Crippen LogP contribution in [0.5, 0.6) is 0 Å². The molecule has 0 saturated heterocycles. The molecule has 1 aromatic heterocycles. The van der Waals surface area contributed by atoms with Crippen molar-refractivity contribution < 1.29 is 17.6 Å². The van der Waals surface area contributed by atoms with E-state index in [0.717, 1.165) is 11.3 Å². The summed E-state index contributed by atoms with van der Waals surface area (Å²) in [5.41, 5.74) is 3.86. The number of amides is 1. The molecule has 0 aliphatic heterocycles. The molecule has 180 valence electrons. The van der Waals surface area contributed by atoms with Crippen LogP contribution in [-0.4, -0.2) is 35.6 Å². The van der Waals surface area contributed by atoms with Crippen LogP contribution in [0.3, 0.4) is 0 Å². The Morgan fingerprint density at radius 1 is 0.914 bits per heavy atom. The first-order valence-electron chi connectivity index (χ1n) is 11.3. The van der Waals surface area contributed by atoms with Crippen molar-refractivity contribution in [1.82, 2.24) is 15.1 Å². The number of hydrogen-bond donors (Lipinski definition) is 1.